The minimum absolute atomic E-state index is 0.0429. The van der Waals surface area contributed by atoms with Crippen LogP contribution >= 0.6 is 0 Å². The van der Waals surface area contributed by atoms with Crippen LogP contribution in [0.1, 0.15) is 13.2 Å². The van der Waals surface area contributed by atoms with Gasteiger partial charge in [-0.15, -0.1) is 0 Å². The topological polar surface area (TPSA) is 166 Å². The van der Waals surface area contributed by atoms with Crippen molar-refractivity contribution < 1.29 is 20.1 Å². The zero-order valence-electron chi connectivity index (χ0n) is 11.2. The van der Waals surface area contributed by atoms with Gasteiger partial charge in [0.15, 0.2) is 17.7 Å². The molecule has 2 aromatic heterocycles. The molecular weight excluding hydrogens is 280 g/mol. The summed E-state index contributed by atoms with van der Waals surface area (Å²) in [5.74, 6) is 0.0618. The van der Waals surface area contributed by atoms with E-state index in [-0.39, 0.29) is 17.4 Å². The number of aliphatic hydroxyl groups is 3. The van der Waals surface area contributed by atoms with Crippen LogP contribution in [0.3, 0.4) is 0 Å². The van der Waals surface area contributed by atoms with E-state index in [2.05, 4.69) is 15.0 Å². The van der Waals surface area contributed by atoms with E-state index in [0.717, 1.165) is 0 Å². The minimum Gasteiger partial charge on any atom is -0.394 e. The Hall–Kier alpha value is -2.01. The van der Waals surface area contributed by atoms with Gasteiger partial charge in [0.1, 0.15) is 23.3 Å². The van der Waals surface area contributed by atoms with Crippen molar-refractivity contribution in [3.05, 3.63) is 6.33 Å². The molecule has 3 rings (SSSR count). The number of aromatic nitrogens is 4. The van der Waals surface area contributed by atoms with E-state index in [0.29, 0.717) is 5.52 Å². The average molecular weight is 296 g/mol. The molecule has 0 bridgehead atoms. The van der Waals surface area contributed by atoms with Crippen LogP contribution in [0.4, 0.5) is 11.8 Å². The van der Waals surface area contributed by atoms with Gasteiger partial charge in [-0.3, -0.25) is 4.57 Å². The molecule has 1 unspecified atom stereocenters. The highest BCUT2D eigenvalue weighted by molar-refractivity contribution is 5.82. The van der Waals surface area contributed by atoms with Gasteiger partial charge in [0.25, 0.3) is 0 Å². The fourth-order valence-electron chi connectivity index (χ4n) is 2.52. The molecule has 7 N–H and O–H groups in total. The van der Waals surface area contributed by atoms with Gasteiger partial charge >= 0.3 is 0 Å². The first-order valence-corrected chi connectivity index (χ1v) is 6.28. The van der Waals surface area contributed by atoms with Gasteiger partial charge in [-0.25, -0.2) is 4.98 Å². The summed E-state index contributed by atoms with van der Waals surface area (Å²) in [7, 11) is 0. The van der Waals surface area contributed by atoms with Crippen molar-refractivity contribution in [3.63, 3.8) is 0 Å². The lowest BCUT2D eigenvalue weighted by atomic mass is 9.96. The van der Waals surface area contributed by atoms with E-state index in [1.165, 1.54) is 17.8 Å². The molecule has 0 saturated carbocycles. The summed E-state index contributed by atoms with van der Waals surface area (Å²) in [5.41, 5.74) is 10.2. The molecule has 0 spiro atoms. The number of aliphatic hydroxyl groups excluding tert-OH is 2. The maximum atomic E-state index is 10.5. The predicted molar refractivity (Wildman–Crippen MR) is 71.8 cm³/mol. The van der Waals surface area contributed by atoms with Crippen molar-refractivity contribution in [2.24, 2.45) is 0 Å². The molecule has 3 heterocycles. The fourth-order valence-corrected chi connectivity index (χ4v) is 2.52. The number of imidazole rings is 1. The third-order valence-corrected chi connectivity index (χ3v) is 3.65. The van der Waals surface area contributed by atoms with Crippen LogP contribution in [0.15, 0.2) is 6.33 Å². The number of anilines is 2. The molecule has 10 nitrogen and oxygen atoms in total. The molecule has 21 heavy (non-hydrogen) atoms. The van der Waals surface area contributed by atoms with E-state index in [1.54, 1.807) is 0 Å². The van der Waals surface area contributed by atoms with Gasteiger partial charge in [-0.05, 0) is 6.92 Å². The molecule has 0 radical (unpaired) electrons. The van der Waals surface area contributed by atoms with Crippen molar-refractivity contribution in [1.29, 1.82) is 0 Å². The van der Waals surface area contributed by atoms with E-state index in [1.807, 2.05) is 0 Å². The fraction of sp³-hybridized carbons (Fsp3) is 0.545. The van der Waals surface area contributed by atoms with Crippen LogP contribution in [-0.4, -0.2) is 59.3 Å². The van der Waals surface area contributed by atoms with Crippen molar-refractivity contribution in [2.75, 3.05) is 18.1 Å². The van der Waals surface area contributed by atoms with Gasteiger partial charge < -0.3 is 31.5 Å². The summed E-state index contributed by atoms with van der Waals surface area (Å²) in [6.07, 6.45) is -1.82. The molecule has 114 valence electrons. The predicted octanol–water partition coefficient (Wildman–Crippen LogP) is -2.01. The number of rotatable bonds is 2. The first-order chi connectivity index (χ1) is 9.86. The monoisotopic (exact) mass is 296 g/mol. The van der Waals surface area contributed by atoms with E-state index >= 15 is 0 Å². The smallest absolute Gasteiger partial charge is 0.224 e. The van der Waals surface area contributed by atoms with Gasteiger partial charge in [-0.2, -0.15) is 9.97 Å². The Kier molecular flexibility index (Phi) is 2.99. The highest BCUT2D eigenvalue weighted by atomic mass is 16.6. The second-order valence-corrected chi connectivity index (χ2v) is 5.17. The third-order valence-electron chi connectivity index (χ3n) is 3.65. The summed E-state index contributed by atoms with van der Waals surface area (Å²) < 4.78 is 6.91. The third kappa shape index (κ3) is 1.92. The largest absolute Gasteiger partial charge is 0.394 e. The maximum absolute atomic E-state index is 10.5. The van der Waals surface area contributed by atoms with Gasteiger partial charge in [-0.1, -0.05) is 0 Å². The Morgan fingerprint density at radius 1 is 1.43 bits per heavy atom. The summed E-state index contributed by atoms with van der Waals surface area (Å²) in [6.45, 7) is 0.970. The molecule has 0 amide bonds. The standard InChI is InChI=1S/C11H16N6O4/c1-11(20)6(19)4(2-18)21-9(11)17-3-14-5-7(12)15-10(13)16-8(5)17/h3-4,6,9,18-20H,2H2,1H3,(H4,12,13,15,16)/t4-,6-,9?,11-/m1/s1. The quantitative estimate of drug-likeness (QED) is 0.421. The summed E-state index contributed by atoms with van der Waals surface area (Å²) in [5, 5.41) is 29.7. The Bertz CT molecular complexity index is 687. The van der Waals surface area contributed by atoms with E-state index in [9.17, 15) is 15.3 Å². The van der Waals surface area contributed by atoms with Gasteiger partial charge in [0.05, 0.1) is 12.9 Å². The number of hydrogen-bond acceptors (Lipinski definition) is 9. The van der Waals surface area contributed by atoms with Crippen LogP contribution in [0.5, 0.6) is 0 Å². The highest BCUT2D eigenvalue weighted by Gasteiger charge is 2.53. The van der Waals surface area contributed by atoms with Crippen molar-refractivity contribution in [1.82, 2.24) is 19.5 Å². The van der Waals surface area contributed by atoms with Crippen LogP contribution in [0.25, 0.3) is 11.2 Å². The highest BCUT2D eigenvalue weighted by Crippen LogP contribution is 2.39. The molecule has 1 saturated heterocycles. The van der Waals surface area contributed by atoms with Crippen molar-refractivity contribution in [3.8, 4) is 0 Å². The molecule has 2 aromatic rings. The molecule has 0 aliphatic carbocycles. The van der Waals surface area contributed by atoms with Gasteiger partial charge in [0.2, 0.25) is 5.95 Å². The Morgan fingerprint density at radius 3 is 2.76 bits per heavy atom. The Labute approximate surface area is 119 Å². The number of hydrogen-bond donors (Lipinski definition) is 5. The van der Waals surface area contributed by atoms with Crippen molar-refractivity contribution in [2.45, 2.75) is 31.0 Å². The molecule has 1 aliphatic rings. The van der Waals surface area contributed by atoms with Crippen LogP contribution in [-0.2, 0) is 4.74 Å². The normalized spacial score (nSPS) is 32.9. The van der Waals surface area contributed by atoms with Crippen molar-refractivity contribution >= 4 is 22.9 Å². The zero-order chi connectivity index (χ0) is 15.4. The van der Waals surface area contributed by atoms with Crippen LogP contribution in [0, 0.1) is 0 Å². The van der Waals surface area contributed by atoms with E-state index in [4.69, 9.17) is 16.2 Å². The van der Waals surface area contributed by atoms with Crippen LogP contribution < -0.4 is 11.5 Å². The lowest BCUT2D eigenvalue weighted by Crippen LogP contribution is -2.44. The molecule has 1 fully saturated rings. The van der Waals surface area contributed by atoms with E-state index < -0.39 is 30.6 Å². The first kappa shape index (κ1) is 13.9. The summed E-state index contributed by atoms with van der Waals surface area (Å²) >= 11 is 0. The Balaban J connectivity index is 2.13. The molecule has 1 aliphatic heterocycles. The lowest BCUT2D eigenvalue weighted by Gasteiger charge is -2.27. The summed E-state index contributed by atoms with van der Waals surface area (Å²) in [4.78, 5) is 11.9. The SMILES string of the molecule is C[C@]1(O)C(n2cnc3c(N)nc(N)nc32)O[C@H](CO)[C@H]1O. The number of nitrogens with zero attached hydrogens (tertiary/aromatic N) is 4. The molecular formula is C11H16N6O4. The first-order valence-electron chi connectivity index (χ1n) is 6.28. The average Bonchev–Trinajstić information content (AvgIpc) is 2.91. The second kappa shape index (κ2) is 4.49. The minimum atomic E-state index is -1.64. The van der Waals surface area contributed by atoms with Gasteiger partial charge in [0, 0.05) is 0 Å². The Morgan fingerprint density at radius 2 is 2.14 bits per heavy atom. The lowest BCUT2D eigenvalue weighted by molar-refractivity contribution is -0.0950. The second-order valence-electron chi connectivity index (χ2n) is 5.17. The number of ether oxygens (including phenoxy) is 1. The number of fused-ring (bicyclic) bond motifs is 1. The maximum Gasteiger partial charge on any atom is 0.224 e. The molecule has 10 heteroatoms. The zero-order valence-corrected chi connectivity index (χ0v) is 11.2. The van der Waals surface area contributed by atoms with Crippen LogP contribution in [0.2, 0.25) is 0 Å². The summed E-state index contributed by atoms with van der Waals surface area (Å²) in [6, 6.07) is 0. The number of nitrogen functional groups attached to an aromatic ring is 2. The molecule has 0 aromatic carbocycles. The molecule has 4 atom stereocenters. The number of nitrogens with two attached hydrogens (primary N) is 2.